The van der Waals surface area contributed by atoms with Gasteiger partial charge in [0.25, 0.3) is 0 Å². The van der Waals surface area contributed by atoms with E-state index in [1.165, 1.54) is 0 Å². The van der Waals surface area contributed by atoms with Crippen LogP contribution in [0.3, 0.4) is 0 Å². The van der Waals surface area contributed by atoms with Crippen molar-refractivity contribution < 1.29 is 33.9 Å². The predicted molar refractivity (Wildman–Crippen MR) is 83.4 cm³/mol. The van der Waals surface area contributed by atoms with Gasteiger partial charge in [-0.2, -0.15) is 0 Å². The number of ether oxygens (including phenoxy) is 5. The Morgan fingerprint density at radius 2 is 1.88 bits per heavy atom. The first kappa shape index (κ1) is 17.6. The number of hydrogen-bond donors (Lipinski definition) is 2. The van der Waals surface area contributed by atoms with Gasteiger partial charge < -0.3 is 33.9 Å². The Hall–Kier alpha value is -1.22. The summed E-state index contributed by atoms with van der Waals surface area (Å²) in [7, 11) is 1.62. The van der Waals surface area contributed by atoms with Gasteiger partial charge in [0.2, 0.25) is 5.79 Å². The van der Waals surface area contributed by atoms with Crippen molar-refractivity contribution in [3.8, 4) is 5.75 Å². The lowest BCUT2D eigenvalue weighted by Gasteiger charge is -2.28. The molecule has 1 aromatic rings. The smallest absolute Gasteiger partial charge is 0.224 e. The summed E-state index contributed by atoms with van der Waals surface area (Å²) in [6.45, 7) is 3.62. The van der Waals surface area contributed by atoms with Crippen molar-refractivity contribution in [3.05, 3.63) is 29.8 Å². The van der Waals surface area contributed by atoms with E-state index in [1.807, 2.05) is 24.3 Å². The minimum Gasteiger partial charge on any atom is -0.497 e. The first-order chi connectivity index (χ1) is 11.4. The molecule has 0 aliphatic carbocycles. The minimum atomic E-state index is -1.22. The van der Waals surface area contributed by atoms with Crippen molar-refractivity contribution in [2.24, 2.45) is 0 Å². The van der Waals surface area contributed by atoms with Gasteiger partial charge >= 0.3 is 0 Å². The molecule has 0 saturated carbocycles. The maximum absolute atomic E-state index is 10.3. The maximum atomic E-state index is 10.3. The van der Waals surface area contributed by atoms with Gasteiger partial charge in [0.15, 0.2) is 5.79 Å². The van der Waals surface area contributed by atoms with Crippen LogP contribution in [0.4, 0.5) is 0 Å². The van der Waals surface area contributed by atoms with Gasteiger partial charge in [0.1, 0.15) is 30.7 Å². The summed E-state index contributed by atoms with van der Waals surface area (Å²) in [4.78, 5) is 0. The summed E-state index contributed by atoms with van der Waals surface area (Å²) in [6, 6.07) is 7.53. The van der Waals surface area contributed by atoms with Crippen molar-refractivity contribution >= 4 is 0 Å². The number of methoxy groups -OCH3 is 1. The average molecular weight is 340 g/mol. The first-order valence-electron chi connectivity index (χ1n) is 7.94. The molecule has 24 heavy (non-hydrogen) atoms. The Morgan fingerprint density at radius 3 is 2.50 bits per heavy atom. The van der Waals surface area contributed by atoms with Crippen molar-refractivity contribution in [2.45, 2.75) is 50.3 Å². The third-order valence-electron chi connectivity index (χ3n) is 4.22. The number of aliphatic hydroxyl groups is 2. The Bertz CT molecular complexity index is 559. The highest BCUT2D eigenvalue weighted by atomic mass is 16.9. The monoisotopic (exact) mass is 340 g/mol. The molecule has 1 unspecified atom stereocenters. The number of fused-ring (bicyclic) bond motifs is 1. The van der Waals surface area contributed by atoms with Gasteiger partial charge in [-0.15, -0.1) is 0 Å². The van der Waals surface area contributed by atoms with Gasteiger partial charge in [-0.3, -0.25) is 0 Å². The van der Waals surface area contributed by atoms with E-state index in [0.29, 0.717) is 6.61 Å². The van der Waals surface area contributed by atoms with Crippen molar-refractivity contribution in [1.82, 2.24) is 0 Å². The molecule has 2 aliphatic heterocycles. The molecule has 2 N–H and O–H groups in total. The molecular weight excluding hydrogens is 316 g/mol. The highest BCUT2D eigenvalue weighted by molar-refractivity contribution is 5.26. The van der Waals surface area contributed by atoms with Crippen molar-refractivity contribution in [2.75, 3.05) is 20.3 Å². The van der Waals surface area contributed by atoms with Gasteiger partial charge in [-0.25, -0.2) is 0 Å². The van der Waals surface area contributed by atoms with Gasteiger partial charge in [0.05, 0.1) is 20.3 Å². The van der Waals surface area contributed by atoms with Gasteiger partial charge in [-0.05, 0) is 31.5 Å². The maximum Gasteiger partial charge on any atom is 0.224 e. The average Bonchev–Trinajstić information content (AvgIpc) is 2.96. The van der Waals surface area contributed by atoms with E-state index in [9.17, 15) is 10.2 Å². The topological polar surface area (TPSA) is 86.6 Å². The summed E-state index contributed by atoms with van der Waals surface area (Å²) < 4.78 is 28.3. The van der Waals surface area contributed by atoms with Crippen LogP contribution in [0.25, 0.3) is 0 Å². The summed E-state index contributed by atoms with van der Waals surface area (Å²) in [6.07, 6.45) is -2.43. The van der Waals surface area contributed by atoms with Crippen LogP contribution in [0, 0.1) is 0 Å². The van der Waals surface area contributed by atoms with Crippen LogP contribution in [0.5, 0.6) is 5.75 Å². The van der Waals surface area contributed by atoms with E-state index in [4.69, 9.17) is 23.7 Å². The number of rotatable bonds is 6. The molecule has 0 amide bonds. The predicted octanol–water partition coefficient (Wildman–Crippen LogP) is 0.812. The summed E-state index contributed by atoms with van der Waals surface area (Å²) in [5.41, 5.74) is 0.971. The highest BCUT2D eigenvalue weighted by Gasteiger charge is 2.64. The first-order valence-corrected chi connectivity index (χ1v) is 7.94. The fourth-order valence-corrected chi connectivity index (χ4v) is 3.16. The second kappa shape index (κ2) is 6.59. The lowest BCUT2D eigenvalue weighted by Crippen LogP contribution is -2.44. The molecular formula is C17H24O7. The van der Waals surface area contributed by atoms with E-state index >= 15 is 0 Å². The molecule has 7 nitrogen and oxygen atoms in total. The molecule has 0 aromatic heterocycles. The van der Waals surface area contributed by atoms with E-state index in [-0.39, 0.29) is 13.2 Å². The molecule has 2 aliphatic rings. The molecule has 0 spiro atoms. The molecule has 2 saturated heterocycles. The van der Waals surface area contributed by atoms with E-state index < -0.39 is 29.9 Å². The third-order valence-corrected chi connectivity index (χ3v) is 4.22. The largest absolute Gasteiger partial charge is 0.497 e. The molecule has 2 heterocycles. The number of hydrogen-bond acceptors (Lipinski definition) is 7. The number of benzene rings is 1. The third kappa shape index (κ3) is 3.28. The molecule has 2 fully saturated rings. The molecule has 1 aromatic carbocycles. The molecule has 4 atom stereocenters. The molecule has 134 valence electrons. The van der Waals surface area contributed by atoms with Gasteiger partial charge in [-0.1, -0.05) is 12.1 Å². The zero-order valence-electron chi connectivity index (χ0n) is 14.1. The minimum absolute atomic E-state index is 0.0840. The summed E-state index contributed by atoms with van der Waals surface area (Å²) >= 11 is 0. The van der Waals surface area contributed by atoms with Crippen LogP contribution < -0.4 is 4.74 Å². The zero-order valence-corrected chi connectivity index (χ0v) is 14.1. The van der Waals surface area contributed by atoms with Crippen molar-refractivity contribution in [3.63, 3.8) is 0 Å². The SMILES string of the molecule is COc1ccc(COC[C@@]23O[C@@H](CO)[C@@H](O)C2OC(C)(C)O3)cc1. The van der Waals surface area contributed by atoms with Crippen molar-refractivity contribution in [1.29, 1.82) is 0 Å². The van der Waals surface area contributed by atoms with Crippen LogP contribution in [-0.4, -0.2) is 60.4 Å². The molecule has 3 rings (SSSR count). The molecule has 7 heteroatoms. The van der Waals surface area contributed by atoms with E-state index in [1.54, 1.807) is 21.0 Å². The van der Waals surface area contributed by atoms with Crippen LogP contribution >= 0.6 is 0 Å². The Morgan fingerprint density at radius 1 is 1.17 bits per heavy atom. The lowest BCUT2D eigenvalue weighted by atomic mass is 10.1. The summed E-state index contributed by atoms with van der Waals surface area (Å²) in [5.74, 6) is -1.34. The Kier molecular flexibility index (Phi) is 4.83. The fourth-order valence-electron chi connectivity index (χ4n) is 3.16. The lowest BCUT2D eigenvalue weighted by molar-refractivity contribution is -0.281. The normalized spacial score (nSPS) is 34.3. The Balaban J connectivity index is 1.65. The molecule has 0 bridgehead atoms. The van der Waals surface area contributed by atoms with Gasteiger partial charge in [0, 0.05) is 0 Å². The van der Waals surface area contributed by atoms with Crippen LogP contribution in [-0.2, 0) is 25.6 Å². The van der Waals surface area contributed by atoms with E-state index in [0.717, 1.165) is 11.3 Å². The highest BCUT2D eigenvalue weighted by Crippen LogP contribution is 2.45. The second-order valence-electron chi connectivity index (χ2n) is 6.52. The summed E-state index contributed by atoms with van der Waals surface area (Å²) in [5, 5.41) is 19.6. The Labute approximate surface area is 141 Å². The fraction of sp³-hybridized carbons (Fsp3) is 0.647. The van der Waals surface area contributed by atoms with Crippen LogP contribution in [0.2, 0.25) is 0 Å². The number of aliphatic hydroxyl groups excluding tert-OH is 2. The standard InChI is InChI=1S/C17H24O7/c1-16(2)23-15-14(19)13(8-18)22-17(15,24-16)10-21-9-11-4-6-12(20-3)7-5-11/h4-7,13-15,18-19H,8-10H2,1-3H3/t13-,14+,15?,17-/m0/s1. The van der Waals surface area contributed by atoms with Crippen LogP contribution in [0.15, 0.2) is 24.3 Å². The zero-order chi connectivity index (χ0) is 17.4. The van der Waals surface area contributed by atoms with E-state index in [2.05, 4.69) is 0 Å². The quantitative estimate of drug-likeness (QED) is 0.792. The molecule has 0 radical (unpaired) electrons. The van der Waals surface area contributed by atoms with Crippen LogP contribution in [0.1, 0.15) is 19.4 Å². The second-order valence-corrected chi connectivity index (χ2v) is 6.52.